The second-order valence-corrected chi connectivity index (χ2v) is 7.54. The molecule has 0 bridgehead atoms. The molecule has 166 valence electrons. The Balaban J connectivity index is 1.57. The molecule has 0 aliphatic heterocycles. The molecule has 11 heteroatoms. The number of halogens is 1. The van der Waals surface area contributed by atoms with Gasteiger partial charge in [-0.25, -0.2) is 9.18 Å². The third-order valence-electron chi connectivity index (χ3n) is 4.28. The Morgan fingerprint density at radius 2 is 1.75 bits per heavy atom. The Labute approximate surface area is 187 Å². The lowest BCUT2D eigenvalue weighted by molar-refractivity contribution is -0.116. The molecule has 3 rings (SSSR count). The Bertz CT molecular complexity index is 1130. The van der Waals surface area contributed by atoms with E-state index in [0.717, 1.165) is 11.8 Å². The zero-order valence-corrected chi connectivity index (χ0v) is 17.9. The van der Waals surface area contributed by atoms with E-state index in [1.54, 1.807) is 16.7 Å². The summed E-state index contributed by atoms with van der Waals surface area (Å²) in [4.78, 5) is 35.6. The lowest BCUT2D eigenvalue weighted by Gasteiger charge is -2.09. The number of rotatable bonds is 9. The van der Waals surface area contributed by atoms with E-state index < -0.39 is 11.8 Å². The highest BCUT2D eigenvalue weighted by atomic mass is 32.2. The van der Waals surface area contributed by atoms with E-state index in [2.05, 4.69) is 20.8 Å². The normalized spacial score (nSPS) is 10.6. The number of carboxylic acid groups (broad SMARTS) is 1. The van der Waals surface area contributed by atoms with E-state index >= 15 is 0 Å². The number of nitrogens with zero attached hydrogens (tertiary/aromatic N) is 3. The van der Waals surface area contributed by atoms with Gasteiger partial charge in [-0.1, -0.05) is 17.8 Å². The number of anilines is 2. The maximum Gasteiger partial charge on any atom is 0.335 e. The molecule has 0 aliphatic carbocycles. The highest BCUT2D eigenvalue weighted by molar-refractivity contribution is 7.99. The second kappa shape index (κ2) is 10.5. The van der Waals surface area contributed by atoms with Crippen molar-refractivity contribution in [2.24, 2.45) is 0 Å². The van der Waals surface area contributed by atoms with Crippen molar-refractivity contribution in [1.82, 2.24) is 14.8 Å². The fraction of sp³-hybridized carbons (Fsp3) is 0.190. The first-order valence-corrected chi connectivity index (χ1v) is 10.6. The molecule has 0 fully saturated rings. The molecule has 1 aromatic heterocycles. The number of aromatic nitrogens is 3. The van der Waals surface area contributed by atoms with E-state index in [1.807, 2.05) is 6.92 Å². The molecule has 3 N–H and O–H groups in total. The summed E-state index contributed by atoms with van der Waals surface area (Å²) in [7, 11) is 0. The number of carbonyl (C=O) groups excluding carboxylic acids is 2. The number of thioether (sulfide) groups is 1. The van der Waals surface area contributed by atoms with Crippen LogP contribution in [-0.2, 0) is 22.6 Å². The van der Waals surface area contributed by atoms with E-state index in [1.165, 1.54) is 36.4 Å². The molecule has 1 heterocycles. The fourth-order valence-corrected chi connectivity index (χ4v) is 3.63. The summed E-state index contributed by atoms with van der Waals surface area (Å²) in [5.41, 5.74) is 0.924. The first-order chi connectivity index (χ1) is 15.4. The topological polar surface area (TPSA) is 126 Å². The number of aromatic carboxylic acids is 1. The first kappa shape index (κ1) is 22.9. The van der Waals surface area contributed by atoms with Crippen LogP contribution in [0.15, 0.2) is 53.7 Å². The van der Waals surface area contributed by atoms with Crippen LogP contribution in [0.1, 0.15) is 23.1 Å². The van der Waals surface area contributed by atoms with Gasteiger partial charge in [0.05, 0.1) is 17.7 Å². The minimum absolute atomic E-state index is 0.0250. The number of carboxylic acids is 1. The van der Waals surface area contributed by atoms with E-state index in [0.29, 0.717) is 28.9 Å². The molecule has 0 radical (unpaired) electrons. The summed E-state index contributed by atoms with van der Waals surface area (Å²) in [6.45, 7) is 2.36. The summed E-state index contributed by atoms with van der Waals surface area (Å²) < 4.78 is 14.7. The first-order valence-electron chi connectivity index (χ1n) is 9.59. The van der Waals surface area contributed by atoms with Gasteiger partial charge < -0.3 is 20.3 Å². The van der Waals surface area contributed by atoms with Gasteiger partial charge in [0.25, 0.3) is 0 Å². The monoisotopic (exact) mass is 457 g/mol. The van der Waals surface area contributed by atoms with Crippen LogP contribution in [0.5, 0.6) is 0 Å². The van der Waals surface area contributed by atoms with E-state index in [9.17, 15) is 18.8 Å². The van der Waals surface area contributed by atoms with Crippen molar-refractivity contribution >= 4 is 40.9 Å². The molecular weight excluding hydrogens is 437 g/mol. The van der Waals surface area contributed by atoms with Gasteiger partial charge in [-0.15, -0.1) is 10.2 Å². The standard InChI is InChI=1S/C21H20FN5O4S/c1-2-27-17(11-18(28)23-15-8-6-14(22)7-9-15)25-26-21(27)32-12-19(29)24-16-5-3-4-13(10-16)20(30)31/h3-10H,2,11-12H2,1H3,(H,23,28)(H,24,29)(H,30,31). The third kappa shape index (κ3) is 6.14. The smallest absolute Gasteiger partial charge is 0.335 e. The number of amides is 2. The molecule has 9 nitrogen and oxygen atoms in total. The van der Waals surface area contributed by atoms with Crippen LogP contribution in [0, 0.1) is 5.82 Å². The third-order valence-corrected chi connectivity index (χ3v) is 5.25. The van der Waals surface area contributed by atoms with Crippen molar-refractivity contribution in [3.8, 4) is 0 Å². The number of nitrogens with one attached hydrogen (secondary N) is 2. The van der Waals surface area contributed by atoms with Crippen LogP contribution in [0.2, 0.25) is 0 Å². The summed E-state index contributed by atoms with van der Waals surface area (Å²) in [6.07, 6.45) is -0.0348. The van der Waals surface area contributed by atoms with Crippen LogP contribution >= 0.6 is 11.8 Å². The lowest BCUT2D eigenvalue weighted by atomic mass is 10.2. The van der Waals surface area contributed by atoms with Crippen LogP contribution in [0.3, 0.4) is 0 Å². The zero-order valence-electron chi connectivity index (χ0n) is 17.0. The molecule has 3 aromatic rings. The molecule has 0 atom stereocenters. The Hall–Kier alpha value is -3.73. The quantitative estimate of drug-likeness (QED) is 0.422. The van der Waals surface area contributed by atoms with Crippen molar-refractivity contribution < 1.29 is 23.9 Å². The summed E-state index contributed by atoms with van der Waals surface area (Å²) in [6, 6.07) is 11.4. The van der Waals surface area contributed by atoms with Gasteiger partial charge >= 0.3 is 5.97 Å². The lowest BCUT2D eigenvalue weighted by Crippen LogP contribution is -2.18. The second-order valence-electron chi connectivity index (χ2n) is 6.60. The van der Waals surface area contributed by atoms with Crippen molar-refractivity contribution in [3.63, 3.8) is 0 Å². The van der Waals surface area contributed by atoms with Crippen molar-refractivity contribution in [1.29, 1.82) is 0 Å². The average Bonchev–Trinajstić information content (AvgIpc) is 3.15. The number of hydrogen-bond acceptors (Lipinski definition) is 6. The predicted octanol–water partition coefficient (Wildman–Crippen LogP) is 3.05. The molecule has 0 aliphatic rings. The SMILES string of the molecule is CCn1c(CC(=O)Nc2ccc(F)cc2)nnc1SCC(=O)Nc1cccc(C(=O)O)c1. The van der Waals surface area contributed by atoms with Gasteiger partial charge in [-0.2, -0.15) is 0 Å². The average molecular weight is 457 g/mol. The van der Waals surface area contributed by atoms with Gasteiger partial charge in [0.1, 0.15) is 11.6 Å². The number of benzene rings is 2. The van der Waals surface area contributed by atoms with Gasteiger partial charge in [-0.3, -0.25) is 9.59 Å². The van der Waals surface area contributed by atoms with Gasteiger partial charge in [0.2, 0.25) is 11.8 Å². The highest BCUT2D eigenvalue weighted by Crippen LogP contribution is 2.19. The fourth-order valence-electron chi connectivity index (χ4n) is 2.81. The summed E-state index contributed by atoms with van der Waals surface area (Å²) in [5, 5.41) is 22.9. The number of hydrogen-bond donors (Lipinski definition) is 3. The molecule has 0 saturated carbocycles. The molecule has 0 spiro atoms. The summed E-state index contributed by atoms with van der Waals surface area (Å²) in [5.74, 6) is -1.68. The Morgan fingerprint density at radius 3 is 2.44 bits per heavy atom. The molecular formula is C21H20FN5O4S. The minimum atomic E-state index is -1.08. The Morgan fingerprint density at radius 1 is 1.03 bits per heavy atom. The maximum absolute atomic E-state index is 13.0. The van der Waals surface area contributed by atoms with Crippen LogP contribution in [0.4, 0.5) is 15.8 Å². The molecule has 0 saturated heterocycles. The van der Waals surface area contributed by atoms with E-state index in [-0.39, 0.29) is 29.6 Å². The van der Waals surface area contributed by atoms with Crippen molar-refractivity contribution in [2.45, 2.75) is 25.0 Å². The molecule has 0 unspecified atom stereocenters. The Kier molecular flexibility index (Phi) is 7.55. The van der Waals surface area contributed by atoms with Crippen LogP contribution < -0.4 is 10.6 Å². The van der Waals surface area contributed by atoms with Crippen molar-refractivity contribution in [2.75, 3.05) is 16.4 Å². The minimum Gasteiger partial charge on any atom is -0.478 e. The van der Waals surface area contributed by atoms with E-state index in [4.69, 9.17) is 5.11 Å². The molecule has 2 amide bonds. The van der Waals surface area contributed by atoms with Gasteiger partial charge in [0.15, 0.2) is 5.16 Å². The predicted molar refractivity (Wildman–Crippen MR) is 117 cm³/mol. The van der Waals surface area contributed by atoms with Gasteiger partial charge in [-0.05, 0) is 49.4 Å². The maximum atomic E-state index is 13.0. The molecule has 32 heavy (non-hydrogen) atoms. The summed E-state index contributed by atoms with van der Waals surface area (Å²) >= 11 is 1.15. The van der Waals surface area contributed by atoms with Crippen LogP contribution in [-0.4, -0.2) is 43.4 Å². The number of carbonyl (C=O) groups is 3. The van der Waals surface area contributed by atoms with Crippen LogP contribution in [0.25, 0.3) is 0 Å². The van der Waals surface area contributed by atoms with Gasteiger partial charge in [0, 0.05) is 17.9 Å². The van der Waals surface area contributed by atoms with Crippen molar-refractivity contribution in [3.05, 3.63) is 65.7 Å². The zero-order chi connectivity index (χ0) is 23.1. The molecule has 2 aromatic carbocycles. The largest absolute Gasteiger partial charge is 0.478 e. The highest BCUT2D eigenvalue weighted by Gasteiger charge is 2.16.